The fourth-order valence-electron chi connectivity index (χ4n) is 3.05. The third-order valence-electron chi connectivity index (χ3n) is 4.31. The van der Waals surface area contributed by atoms with Crippen molar-refractivity contribution in [3.05, 3.63) is 82.0 Å². The molecule has 2 heterocycles. The van der Waals surface area contributed by atoms with Gasteiger partial charge in [0.2, 0.25) is 0 Å². The van der Waals surface area contributed by atoms with E-state index >= 15 is 0 Å². The summed E-state index contributed by atoms with van der Waals surface area (Å²) in [5.41, 5.74) is 1.88. The first-order valence-corrected chi connectivity index (χ1v) is 8.51. The molecule has 1 aromatic heterocycles. The molecule has 0 bridgehead atoms. The van der Waals surface area contributed by atoms with Crippen LogP contribution in [0.25, 0.3) is 22.2 Å². The summed E-state index contributed by atoms with van der Waals surface area (Å²) in [6.45, 7) is 0.626. The van der Waals surface area contributed by atoms with Crippen LogP contribution in [-0.4, -0.2) is 33.1 Å². The van der Waals surface area contributed by atoms with Crippen molar-refractivity contribution in [1.29, 1.82) is 0 Å². The highest BCUT2D eigenvalue weighted by molar-refractivity contribution is 6.32. The largest absolute Gasteiger partial charge is 0.506 e. The number of phenolic OH excluding ortho intramolecular Hbond substituents is 1. The zero-order valence-corrected chi connectivity index (χ0v) is 14.8. The van der Waals surface area contributed by atoms with E-state index in [1.165, 1.54) is 10.6 Å². The van der Waals surface area contributed by atoms with Gasteiger partial charge in [-0.25, -0.2) is 4.98 Å². The molecule has 1 N–H and O–H groups in total. The standard InChI is InChI=1S/C20H16ClN3O2/c1-23-10-4-5-13(12-23)19-22-17-7-3-2-6-15(17)20(26)24(19)14-8-9-16(21)18(25)11-14/h2-11,25H,12H2,1H3. The summed E-state index contributed by atoms with van der Waals surface area (Å²) in [5.74, 6) is 0.469. The monoisotopic (exact) mass is 365 g/mol. The average molecular weight is 366 g/mol. The van der Waals surface area contributed by atoms with E-state index < -0.39 is 0 Å². The lowest BCUT2D eigenvalue weighted by Gasteiger charge is -2.22. The molecule has 4 rings (SSSR count). The number of para-hydroxylation sites is 1. The first-order chi connectivity index (χ1) is 12.5. The summed E-state index contributed by atoms with van der Waals surface area (Å²) in [6.07, 6.45) is 5.83. The van der Waals surface area contributed by atoms with E-state index in [9.17, 15) is 9.90 Å². The van der Waals surface area contributed by atoms with E-state index in [1.807, 2.05) is 48.5 Å². The average Bonchev–Trinajstić information content (AvgIpc) is 2.64. The van der Waals surface area contributed by atoms with Crippen LogP contribution in [0.1, 0.15) is 5.82 Å². The van der Waals surface area contributed by atoms with Crippen LogP contribution in [0.3, 0.4) is 0 Å². The molecule has 26 heavy (non-hydrogen) atoms. The van der Waals surface area contributed by atoms with Gasteiger partial charge in [-0.05, 0) is 36.5 Å². The molecule has 5 nitrogen and oxygen atoms in total. The van der Waals surface area contributed by atoms with Crippen molar-refractivity contribution in [1.82, 2.24) is 14.5 Å². The Hall–Kier alpha value is -3.05. The van der Waals surface area contributed by atoms with Crippen molar-refractivity contribution in [2.45, 2.75) is 0 Å². The highest BCUT2D eigenvalue weighted by atomic mass is 35.5. The number of rotatable bonds is 2. The molecule has 2 aromatic carbocycles. The number of halogens is 1. The van der Waals surface area contributed by atoms with Crippen molar-refractivity contribution in [2.24, 2.45) is 0 Å². The molecule has 0 aliphatic carbocycles. The lowest BCUT2D eigenvalue weighted by molar-refractivity contribution is 0.475. The maximum Gasteiger partial charge on any atom is 0.266 e. The van der Waals surface area contributed by atoms with Gasteiger partial charge in [-0.15, -0.1) is 0 Å². The van der Waals surface area contributed by atoms with E-state index in [1.54, 1.807) is 18.2 Å². The molecule has 0 fully saturated rings. The molecule has 0 saturated heterocycles. The second-order valence-electron chi connectivity index (χ2n) is 6.18. The number of nitrogens with zero attached hydrogens (tertiary/aromatic N) is 3. The van der Waals surface area contributed by atoms with Crippen molar-refractivity contribution < 1.29 is 5.11 Å². The number of phenols is 1. The Morgan fingerprint density at radius 1 is 1.19 bits per heavy atom. The summed E-state index contributed by atoms with van der Waals surface area (Å²) in [5, 5.41) is 10.8. The number of allylic oxidation sites excluding steroid dienone is 2. The minimum atomic E-state index is -0.189. The van der Waals surface area contributed by atoms with Gasteiger partial charge in [-0.1, -0.05) is 29.8 Å². The van der Waals surface area contributed by atoms with Gasteiger partial charge < -0.3 is 10.0 Å². The SMILES string of the molecule is CN1C=CC=C(c2nc3ccccc3c(=O)n2-c2ccc(Cl)c(O)c2)C1. The Labute approximate surface area is 155 Å². The smallest absolute Gasteiger partial charge is 0.266 e. The predicted octanol–water partition coefficient (Wildman–Crippen LogP) is 3.59. The molecular formula is C20H16ClN3O2. The Morgan fingerprint density at radius 2 is 2.00 bits per heavy atom. The molecule has 1 aliphatic heterocycles. The molecule has 0 unspecified atom stereocenters. The van der Waals surface area contributed by atoms with Gasteiger partial charge in [0.05, 0.1) is 21.6 Å². The van der Waals surface area contributed by atoms with Crippen LogP contribution < -0.4 is 5.56 Å². The van der Waals surface area contributed by atoms with Crippen LogP contribution in [0.5, 0.6) is 5.75 Å². The number of hydrogen-bond donors (Lipinski definition) is 1. The van der Waals surface area contributed by atoms with E-state index in [0.717, 1.165) is 5.57 Å². The van der Waals surface area contributed by atoms with Gasteiger partial charge in [0, 0.05) is 25.2 Å². The minimum absolute atomic E-state index is 0.0789. The minimum Gasteiger partial charge on any atom is -0.506 e. The Balaban J connectivity index is 2.06. The summed E-state index contributed by atoms with van der Waals surface area (Å²) >= 11 is 5.93. The Morgan fingerprint density at radius 3 is 2.77 bits per heavy atom. The van der Waals surface area contributed by atoms with Gasteiger partial charge in [-0.3, -0.25) is 9.36 Å². The molecule has 130 valence electrons. The lowest BCUT2D eigenvalue weighted by Crippen LogP contribution is -2.26. The Bertz CT molecular complexity index is 1130. The van der Waals surface area contributed by atoms with E-state index in [-0.39, 0.29) is 16.3 Å². The van der Waals surface area contributed by atoms with Crippen LogP contribution in [0.4, 0.5) is 0 Å². The number of benzene rings is 2. The summed E-state index contributed by atoms with van der Waals surface area (Å²) in [4.78, 5) is 20.0. The van der Waals surface area contributed by atoms with Crippen LogP contribution in [-0.2, 0) is 0 Å². The van der Waals surface area contributed by atoms with Gasteiger partial charge in [0.25, 0.3) is 5.56 Å². The molecule has 1 aliphatic rings. The van der Waals surface area contributed by atoms with Gasteiger partial charge in [0.1, 0.15) is 11.6 Å². The first-order valence-electron chi connectivity index (χ1n) is 8.13. The summed E-state index contributed by atoms with van der Waals surface area (Å²) < 4.78 is 1.53. The molecule has 0 saturated carbocycles. The number of hydrogen-bond acceptors (Lipinski definition) is 4. The maximum atomic E-state index is 13.2. The third-order valence-corrected chi connectivity index (χ3v) is 4.63. The van der Waals surface area contributed by atoms with Gasteiger partial charge in [0.15, 0.2) is 0 Å². The summed E-state index contributed by atoms with van der Waals surface area (Å²) in [6, 6.07) is 12.0. The van der Waals surface area contributed by atoms with E-state index in [2.05, 4.69) is 0 Å². The van der Waals surface area contributed by atoms with Crippen LogP contribution in [0.15, 0.2) is 65.6 Å². The van der Waals surface area contributed by atoms with Crippen LogP contribution >= 0.6 is 11.6 Å². The Kier molecular flexibility index (Phi) is 4.01. The fourth-order valence-corrected chi connectivity index (χ4v) is 3.17. The normalized spacial score (nSPS) is 13.9. The number of aromatic nitrogens is 2. The number of likely N-dealkylation sites (N-methyl/N-ethyl adjacent to an activating group) is 1. The van der Waals surface area contributed by atoms with Gasteiger partial charge in [-0.2, -0.15) is 0 Å². The molecule has 6 heteroatoms. The van der Waals surface area contributed by atoms with Gasteiger partial charge >= 0.3 is 0 Å². The van der Waals surface area contributed by atoms with E-state index in [0.29, 0.717) is 29.0 Å². The highest BCUT2D eigenvalue weighted by Crippen LogP contribution is 2.27. The lowest BCUT2D eigenvalue weighted by atomic mass is 10.1. The third kappa shape index (κ3) is 2.76. The molecule has 0 atom stereocenters. The fraction of sp³-hybridized carbons (Fsp3) is 0.100. The van der Waals surface area contributed by atoms with Crippen LogP contribution in [0.2, 0.25) is 5.02 Å². The van der Waals surface area contributed by atoms with Crippen molar-refractivity contribution in [3.8, 4) is 11.4 Å². The highest BCUT2D eigenvalue weighted by Gasteiger charge is 2.18. The van der Waals surface area contributed by atoms with Crippen molar-refractivity contribution in [3.63, 3.8) is 0 Å². The number of aromatic hydroxyl groups is 1. The second kappa shape index (κ2) is 6.35. The number of fused-ring (bicyclic) bond motifs is 1. The molecular weight excluding hydrogens is 350 g/mol. The van der Waals surface area contributed by atoms with Crippen molar-refractivity contribution >= 4 is 28.1 Å². The zero-order valence-electron chi connectivity index (χ0n) is 14.1. The first kappa shape index (κ1) is 16.4. The molecule has 3 aromatic rings. The predicted molar refractivity (Wildman–Crippen MR) is 104 cm³/mol. The topological polar surface area (TPSA) is 58.4 Å². The zero-order chi connectivity index (χ0) is 18.3. The second-order valence-corrected chi connectivity index (χ2v) is 6.58. The molecule has 0 spiro atoms. The summed E-state index contributed by atoms with van der Waals surface area (Å²) in [7, 11) is 1.96. The quantitative estimate of drug-likeness (QED) is 0.754. The maximum absolute atomic E-state index is 13.2. The molecule has 0 amide bonds. The van der Waals surface area contributed by atoms with Crippen molar-refractivity contribution in [2.75, 3.05) is 13.6 Å². The van der Waals surface area contributed by atoms with Crippen LogP contribution in [0, 0.1) is 0 Å². The van der Waals surface area contributed by atoms with E-state index in [4.69, 9.17) is 16.6 Å². The molecule has 0 radical (unpaired) electrons.